The Hall–Kier alpha value is -1.70. The molecule has 1 aromatic carbocycles. The van der Waals surface area contributed by atoms with Crippen molar-refractivity contribution in [3.63, 3.8) is 0 Å². The third-order valence-electron chi connectivity index (χ3n) is 2.82. The van der Waals surface area contributed by atoms with Gasteiger partial charge in [0, 0.05) is 17.8 Å². The molecular weight excluding hydrogens is 196 g/mol. The van der Waals surface area contributed by atoms with Gasteiger partial charge < -0.3 is 10.3 Å². The molecule has 0 aliphatic heterocycles. The molecule has 0 saturated heterocycles. The standard InChI is InChI=1S/C14H18N2/c1-10(2)16-9-13(8-14(16)15)12-6-4-11(3)5-7-12/h4-10H,15H2,1-3H3. The van der Waals surface area contributed by atoms with Crippen LogP contribution in [-0.2, 0) is 0 Å². The predicted octanol–water partition coefficient (Wildman–Crippen LogP) is 3.63. The molecule has 0 bridgehead atoms. The lowest BCUT2D eigenvalue weighted by molar-refractivity contribution is 0.612. The fraction of sp³-hybridized carbons (Fsp3) is 0.286. The van der Waals surface area contributed by atoms with Gasteiger partial charge in [-0.15, -0.1) is 0 Å². The minimum absolute atomic E-state index is 0.402. The molecule has 2 N–H and O–H groups in total. The first-order chi connectivity index (χ1) is 7.58. The van der Waals surface area contributed by atoms with Crippen molar-refractivity contribution in [1.82, 2.24) is 4.57 Å². The minimum Gasteiger partial charge on any atom is -0.385 e. The zero-order chi connectivity index (χ0) is 11.7. The molecule has 0 fully saturated rings. The van der Waals surface area contributed by atoms with Crippen LogP contribution >= 0.6 is 0 Å². The molecule has 0 aliphatic rings. The number of rotatable bonds is 2. The lowest BCUT2D eigenvalue weighted by atomic mass is 10.1. The SMILES string of the molecule is Cc1ccc(-c2cc(N)n(C(C)C)c2)cc1. The number of hydrogen-bond acceptors (Lipinski definition) is 1. The van der Waals surface area contributed by atoms with Gasteiger partial charge in [0.05, 0.1) is 0 Å². The molecule has 0 saturated carbocycles. The van der Waals surface area contributed by atoms with Crippen molar-refractivity contribution in [2.45, 2.75) is 26.8 Å². The van der Waals surface area contributed by atoms with E-state index in [1.54, 1.807) is 0 Å². The summed E-state index contributed by atoms with van der Waals surface area (Å²) in [5.41, 5.74) is 9.66. The van der Waals surface area contributed by atoms with E-state index in [-0.39, 0.29) is 0 Å². The molecule has 2 heteroatoms. The summed E-state index contributed by atoms with van der Waals surface area (Å²) in [7, 11) is 0. The number of nitrogens with two attached hydrogens (primary N) is 1. The number of anilines is 1. The molecule has 0 unspecified atom stereocenters. The first-order valence-corrected chi connectivity index (χ1v) is 5.62. The molecule has 2 rings (SSSR count). The lowest BCUT2D eigenvalue weighted by Crippen LogP contribution is -2.02. The second kappa shape index (κ2) is 4.05. The monoisotopic (exact) mass is 214 g/mol. The fourth-order valence-corrected chi connectivity index (χ4v) is 1.85. The van der Waals surface area contributed by atoms with Gasteiger partial charge in [-0.2, -0.15) is 0 Å². The number of hydrogen-bond donors (Lipinski definition) is 1. The lowest BCUT2D eigenvalue weighted by Gasteiger charge is -2.08. The fourth-order valence-electron chi connectivity index (χ4n) is 1.85. The summed E-state index contributed by atoms with van der Waals surface area (Å²) in [6, 6.07) is 10.9. The summed E-state index contributed by atoms with van der Waals surface area (Å²) in [6.45, 7) is 6.36. The smallest absolute Gasteiger partial charge is 0.104 e. The van der Waals surface area contributed by atoms with Crippen molar-refractivity contribution in [2.24, 2.45) is 0 Å². The van der Waals surface area contributed by atoms with Crippen molar-refractivity contribution < 1.29 is 0 Å². The van der Waals surface area contributed by atoms with Gasteiger partial charge in [0.2, 0.25) is 0 Å². The van der Waals surface area contributed by atoms with E-state index in [4.69, 9.17) is 5.73 Å². The van der Waals surface area contributed by atoms with E-state index in [1.165, 1.54) is 16.7 Å². The average Bonchev–Trinajstić information content (AvgIpc) is 2.61. The van der Waals surface area contributed by atoms with E-state index in [9.17, 15) is 0 Å². The predicted molar refractivity (Wildman–Crippen MR) is 69.4 cm³/mol. The zero-order valence-corrected chi connectivity index (χ0v) is 10.1. The Morgan fingerprint density at radius 1 is 1.06 bits per heavy atom. The highest BCUT2D eigenvalue weighted by Crippen LogP contribution is 2.26. The van der Waals surface area contributed by atoms with Crippen LogP contribution in [0.1, 0.15) is 25.5 Å². The summed E-state index contributed by atoms with van der Waals surface area (Å²) >= 11 is 0. The number of benzene rings is 1. The minimum atomic E-state index is 0.402. The number of aryl methyl sites for hydroxylation is 1. The largest absolute Gasteiger partial charge is 0.385 e. The summed E-state index contributed by atoms with van der Waals surface area (Å²) in [5, 5.41) is 0. The van der Waals surface area contributed by atoms with E-state index in [0.717, 1.165) is 5.82 Å². The highest BCUT2D eigenvalue weighted by atomic mass is 15.1. The van der Waals surface area contributed by atoms with Gasteiger partial charge in [-0.3, -0.25) is 0 Å². The van der Waals surface area contributed by atoms with Crippen LogP contribution in [0.4, 0.5) is 5.82 Å². The van der Waals surface area contributed by atoms with Gasteiger partial charge >= 0.3 is 0 Å². The first-order valence-electron chi connectivity index (χ1n) is 5.62. The van der Waals surface area contributed by atoms with Gasteiger partial charge in [0.1, 0.15) is 5.82 Å². The second-order valence-corrected chi connectivity index (χ2v) is 4.52. The Labute approximate surface area is 96.7 Å². The molecule has 0 radical (unpaired) electrons. The Morgan fingerprint density at radius 3 is 2.19 bits per heavy atom. The Kier molecular flexibility index (Phi) is 2.73. The van der Waals surface area contributed by atoms with E-state index < -0.39 is 0 Å². The van der Waals surface area contributed by atoms with Crippen LogP contribution in [-0.4, -0.2) is 4.57 Å². The molecule has 84 valence electrons. The maximum Gasteiger partial charge on any atom is 0.104 e. The van der Waals surface area contributed by atoms with Crippen molar-refractivity contribution >= 4 is 5.82 Å². The van der Waals surface area contributed by atoms with E-state index in [2.05, 4.69) is 55.8 Å². The molecule has 0 atom stereocenters. The quantitative estimate of drug-likeness (QED) is 0.813. The van der Waals surface area contributed by atoms with Crippen LogP contribution in [0.5, 0.6) is 0 Å². The summed E-state index contributed by atoms with van der Waals surface area (Å²) < 4.78 is 2.09. The highest BCUT2D eigenvalue weighted by molar-refractivity contribution is 5.67. The third kappa shape index (κ3) is 1.96. The van der Waals surface area contributed by atoms with Crippen molar-refractivity contribution in [3.8, 4) is 11.1 Å². The van der Waals surface area contributed by atoms with Gasteiger partial charge in [-0.1, -0.05) is 29.8 Å². The van der Waals surface area contributed by atoms with E-state index >= 15 is 0 Å². The maximum atomic E-state index is 5.97. The molecule has 0 spiro atoms. The van der Waals surface area contributed by atoms with Gasteiger partial charge in [-0.05, 0) is 32.4 Å². The molecule has 16 heavy (non-hydrogen) atoms. The number of aromatic nitrogens is 1. The molecule has 2 nitrogen and oxygen atoms in total. The first kappa shape index (κ1) is 10.8. The summed E-state index contributed by atoms with van der Waals surface area (Å²) in [4.78, 5) is 0. The molecule has 0 amide bonds. The Bertz CT molecular complexity index is 478. The van der Waals surface area contributed by atoms with Crippen LogP contribution in [0.15, 0.2) is 36.5 Å². The van der Waals surface area contributed by atoms with Crippen molar-refractivity contribution in [2.75, 3.05) is 5.73 Å². The number of nitrogen functional groups attached to an aromatic ring is 1. The summed E-state index contributed by atoms with van der Waals surface area (Å²) in [6.07, 6.45) is 2.12. The zero-order valence-electron chi connectivity index (χ0n) is 10.1. The van der Waals surface area contributed by atoms with Gasteiger partial charge in [0.25, 0.3) is 0 Å². The molecular formula is C14H18N2. The van der Waals surface area contributed by atoms with Crippen LogP contribution in [0, 0.1) is 6.92 Å². The van der Waals surface area contributed by atoms with Crippen LogP contribution in [0.2, 0.25) is 0 Å². The van der Waals surface area contributed by atoms with Crippen LogP contribution < -0.4 is 5.73 Å². The third-order valence-corrected chi connectivity index (χ3v) is 2.82. The van der Waals surface area contributed by atoms with Crippen LogP contribution in [0.3, 0.4) is 0 Å². The van der Waals surface area contributed by atoms with Gasteiger partial charge in [0.15, 0.2) is 0 Å². The second-order valence-electron chi connectivity index (χ2n) is 4.52. The van der Waals surface area contributed by atoms with Gasteiger partial charge in [-0.25, -0.2) is 0 Å². The highest BCUT2D eigenvalue weighted by Gasteiger charge is 2.06. The van der Waals surface area contributed by atoms with E-state index in [1.807, 2.05) is 6.07 Å². The Balaban J connectivity index is 2.41. The number of nitrogens with zero attached hydrogens (tertiary/aromatic N) is 1. The topological polar surface area (TPSA) is 30.9 Å². The molecule has 1 aromatic heterocycles. The van der Waals surface area contributed by atoms with Crippen molar-refractivity contribution in [3.05, 3.63) is 42.1 Å². The normalized spacial score (nSPS) is 11.0. The van der Waals surface area contributed by atoms with E-state index in [0.29, 0.717) is 6.04 Å². The molecule has 1 heterocycles. The summed E-state index contributed by atoms with van der Waals surface area (Å²) in [5.74, 6) is 0.825. The van der Waals surface area contributed by atoms with Crippen molar-refractivity contribution in [1.29, 1.82) is 0 Å². The average molecular weight is 214 g/mol. The Morgan fingerprint density at radius 2 is 1.69 bits per heavy atom. The molecule has 2 aromatic rings. The van der Waals surface area contributed by atoms with Crippen LogP contribution in [0.25, 0.3) is 11.1 Å². The maximum absolute atomic E-state index is 5.97. The molecule has 0 aliphatic carbocycles.